The van der Waals surface area contributed by atoms with Crippen LogP contribution in [0.15, 0.2) is 43.0 Å². The van der Waals surface area contributed by atoms with Crippen LogP contribution < -0.4 is 5.32 Å². The first kappa shape index (κ1) is 12.5. The molecule has 0 fully saturated rings. The third-order valence-electron chi connectivity index (χ3n) is 2.33. The lowest BCUT2D eigenvalue weighted by atomic mass is 10.1. The van der Waals surface area contributed by atoms with Gasteiger partial charge in [0.2, 0.25) is 0 Å². The molecule has 0 saturated heterocycles. The van der Waals surface area contributed by atoms with Crippen molar-refractivity contribution in [1.82, 2.24) is 5.32 Å². The summed E-state index contributed by atoms with van der Waals surface area (Å²) in [6.07, 6.45) is 2.66. The van der Waals surface area contributed by atoms with Gasteiger partial charge in [-0.15, -0.1) is 6.58 Å². The summed E-state index contributed by atoms with van der Waals surface area (Å²) in [5.41, 5.74) is 1.15. The molecule has 0 spiro atoms. The molecule has 2 N–H and O–H groups in total. The van der Waals surface area contributed by atoms with E-state index in [2.05, 4.69) is 11.9 Å². The largest absolute Gasteiger partial charge is 0.481 e. The van der Waals surface area contributed by atoms with Crippen LogP contribution in [0.25, 0.3) is 0 Å². The van der Waals surface area contributed by atoms with Crippen molar-refractivity contribution in [2.24, 2.45) is 0 Å². The smallest absolute Gasteiger partial charge is 0.303 e. The highest BCUT2D eigenvalue weighted by Gasteiger charge is 2.05. The lowest BCUT2D eigenvalue weighted by Gasteiger charge is -2.14. The number of aliphatic carboxylic acids is 1. The van der Waals surface area contributed by atoms with Gasteiger partial charge < -0.3 is 10.4 Å². The standard InChI is InChI=1S/C13H17NO2/c1-2-12(11-7-4-3-5-8-11)14-10-6-9-13(15)16/h2-5,7-8,12,14H,1,6,9-10H2,(H,15,16). The lowest BCUT2D eigenvalue weighted by molar-refractivity contribution is -0.137. The Morgan fingerprint density at radius 1 is 1.44 bits per heavy atom. The SMILES string of the molecule is C=CC(NCCCC(=O)O)c1ccccc1. The zero-order valence-electron chi connectivity index (χ0n) is 9.23. The summed E-state index contributed by atoms with van der Waals surface area (Å²) in [5.74, 6) is -0.753. The van der Waals surface area contributed by atoms with Gasteiger partial charge in [0.25, 0.3) is 0 Å². The van der Waals surface area contributed by atoms with Crippen molar-refractivity contribution in [3.63, 3.8) is 0 Å². The minimum Gasteiger partial charge on any atom is -0.481 e. The first-order valence-corrected chi connectivity index (χ1v) is 5.36. The molecule has 1 unspecified atom stereocenters. The number of carbonyl (C=O) groups is 1. The molecular formula is C13H17NO2. The molecule has 0 amide bonds. The van der Waals surface area contributed by atoms with Crippen molar-refractivity contribution in [2.45, 2.75) is 18.9 Å². The molecule has 0 aliphatic heterocycles. The Morgan fingerprint density at radius 2 is 2.12 bits per heavy atom. The average molecular weight is 219 g/mol. The number of hydrogen-bond donors (Lipinski definition) is 2. The highest BCUT2D eigenvalue weighted by Crippen LogP contribution is 2.12. The second kappa shape index (κ2) is 6.80. The highest BCUT2D eigenvalue weighted by molar-refractivity contribution is 5.66. The Labute approximate surface area is 95.8 Å². The van der Waals surface area contributed by atoms with Crippen LogP contribution in [0.1, 0.15) is 24.4 Å². The van der Waals surface area contributed by atoms with E-state index in [1.165, 1.54) is 0 Å². The van der Waals surface area contributed by atoms with Crippen LogP contribution in [0.4, 0.5) is 0 Å². The van der Waals surface area contributed by atoms with Crippen molar-refractivity contribution in [3.05, 3.63) is 48.6 Å². The number of rotatable bonds is 7. The van der Waals surface area contributed by atoms with E-state index in [0.717, 1.165) is 5.56 Å². The van der Waals surface area contributed by atoms with E-state index in [0.29, 0.717) is 13.0 Å². The van der Waals surface area contributed by atoms with E-state index in [1.54, 1.807) is 0 Å². The summed E-state index contributed by atoms with van der Waals surface area (Å²) in [4.78, 5) is 10.3. The zero-order chi connectivity index (χ0) is 11.8. The Hall–Kier alpha value is -1.61. The maximum Gasteiger partial charge on any atom is 0.303 e. The summed E-state index contributed by atoms with van der Waals surface area (Å²) in [6, 6.07) is 10.1. The summed E-state index contributed by atoms with van der Waals surface area (Å²) >= 11 is 0. The van der Waals surface area contributed by atoms with Crippen molar-refractivity contribution in [1.29, 1.82) is 0 Å². The molecular weight excluding hydrogens is 202 g/mol. The fourth-order valence-electron chi connectivity index (χ4n) is 1.49. The summed E-state index contributed by atoms with van der Waals surface area (Å²) in [7, 11) is 0. The number of nitrogens with one attached hydrogen (secondary N) is 1. The fraction of sp³-hybridized carbons (Fsp3) is 0.308. The lowest BCUT2D eigenvalue weighted by Crippen LogP contribution is -2.21. The number of hydrogen-bond acceptors (Lipinski definition) is 2. The fourth-order valence-corrected chi connectivity index (χ4v) is 1.49. The average Bonchev–Trinajstić information content (AvgIpc) is 2.30. The second-order valence-corrected chi connectivity index (χ2v) is 3.58. The number of carboxylic acids is 1. The molecule has 3 heteroatoms. The van der Waals surface area contributed by atoms with Gasteiger partial charge in [0.1, 0.15) is 0 Å². The first-order chi connectivity index (χ1) is 7.74. The molecule has 0 aromatic heterocycles. The molecule has 16 heavy (non-hydrogen) atoms. The molecule has 3 nitrogen and oxygen atoms in total. The maximum atomic E-state index is 10.3. The van der Waals surface area contributed by atoms with Gasteiger partial charge in [-0.2, -0.15) is 0 Å². The minimum absolute atomic E-state index is 0.0926. The van der Waals surface area contributed by atoms with Crippen molar-refractivity contribution < 1.29 is 9.90 Å². The van der Waals surface area contributed by atoms with Gasteiger partial charge in [0, 0.05) is 6.42 Å². The zero-order valence-corrected chi connectivity index (χ0v) is 9.23. The van der Waals surface area contributed by atoms with Crippen LogP contribution in [-0.2, 0) is 4.79 Å². The molecule has 0 radical (unpaired) electrons. The Morgan fingerprint density at radius 3 is 2.69 bits per heavy atom. The molecule has 1 aromatic carbocycles. The number of carboxylic acid groups (broad SMARTS) is 1. The van der Waals surface area contributed by atoms with E-state index in [-0.39, 0.29) is 12.5 Å². The molecule has 1 rings (SSSR count). The van der Waals surface area contributed by atoms with Crippen LogP contribution in [0.2, 0.25) is 0 Å². The van der Waals surface area contributed by atoms with Crippen LogP contribution >= 0.6 is 0 Å². The summed E-state index contributed by atoms with van der Waals surface area (Å²) in [6.45, 7) is 4.45. The summed E-state index contributed by atoms with van der Waals surface area (Å²) in [5, 5.41) is 11.8. The molecule has 86 valence electrons. The Bertz CT molecular complexity index is 335. The van der Waals surface area contributed by atoms with Gasteiger partial charge in [0.05, 0.1) is 6.04 Å². The van der Waals surface area contributed by atoms with Gasteiger partial charge in [-0.3, -0.25) is 4.79 Å². The topological polar surface area (TPSA) is 49.3 Å². The van der Waals surface area contributed by atoms with Crippen LogP contribution in [0, 0.1) is 0 Å². The quantitative estimate of drug-likeness (QED) is 0.546. The van der Waals surface area contributed by atoms with Gasteiger partial charge >= 0.3 is 5.97 Å². The number of benzene rings is 1. The highest BCUT2D eigenvalue weighted by atomic mass is 16.4. The van der Waals surface area contributed by atoms with Gasteiger partial charge in [-0.25, -0.2) is 0 Å². The second-order valence-electron chi connectivity index (χ2n) is 3.58. The van der Waals surface area contributed by atoms with Gasteiger partial charge in [0.15, 0.2) is 0 Å². The normalized spacial score (nSPS) is 12.0. The monoisotopic (exact) mass is 219 g/mol. The molecule has 0 bridgehead atoms. The van der Waals surface area contributed by atoms with E-state index in [4.69, 9.17) is 5.11 Å². The third kappa shape index (κ3) is 4.28. The molecule has 0 aliphatic carbocycles. The van der Waals surface area contributed by atoms with Crippen LogP contribution in [-0.4, -0.2) is 17.6 Å². The summed E-state index contributed by atoms with van der Waals surface area (Å²) < 4.78 is 0. The van der Waals surface area contributed by atoms with Crippen molar-refractivity contribution in [2.75, 3.05) is 6.54 Å². The van der Waals surface area contributed by atoms with E-state index < -0.39 is 5.97 Å². The van der Waals surface area contributed by atoms with Gasteiger partial charge in [-0.05, 0) is 18.5 Å². The first-order valence-electron chi connectivity index (χ1n) is 5.36. The van der Waals surface area contributed by atoms with Crippen molar-refractivity contribution in [3.8, 4) is 0 Å². The Kier molecular flexibility index (Phi) is 5.29. The predicted octanol–water partition coefficient (Wildman–Crippen LogP) is 2.37. The Balaban J connectivity index is 2.38. The maximum absolute atomic E-state index is 10.3. The minimum atomic E-state index is -0.753. The third-order valence-corrected chi connectivity index (χ3v) is 2.33. The van der Waals surface area contributed by atoms with Gasteiger partial charge in [-0.1, -0.05) is 36.4 Å². The van der Waals surface area contributed by atoms with Crippen LogP contribution in [0.5, 0.6) is 0 Å². The van der Waals surface area contributed by atoms with E-state index >= 15 is 0 Å². The molecule has 0 aliphatic rings. The molecule has 1 atom stereocenters. The van der Waals surface area contributed by atoms with E-state index in [1.807, 2.05) is 36.4 Å². The molecule has 0 heterocycles. The molecule has 0 saturated carbocycles. The molecule has 1 aromatic rings. The van der Waals surface area contributed by atoms with Crippen LogP contribution in [0.3, 0.4) is 0 Å². The van der Waals surface area contributed by atoms with E-state index in [9.17, 15) is 4.79 Å². The van der Waals surface area contributed by atoms with Crippen molar-refractivity contribution >= 4 is 5.97 Å². The predicted molar refractivity (Wildman–Crippen MR) is 64.3 cm³/mol.